The number of benzene rings is 1. The van der Waals surface area contributed by atoms with Crippen LogP contribution in [-0.4, -0.2) is 56.2 Å². The Labute approximate surface area is 142 Å². The second-order valence-electron chi connectivity index (χ2n) is 6.22. The Hall–Kier alpha value is -1.53. The Balaban J connectivity index is 1.87. The quantitative estimate of drug-likeness (QED) is 0.749. The molecule has 0 aliphatic carbocycles. The Bertz CT molecular complexity index is 545. The van der Waals surface area contributed by atoms with Gasteiger partial charge in [0, 0.05) is 13.0 Å². The maximum Gasteiger partial charge on any atom is 0.233 e. The van der Waals surface area contributed by atoms with Gasteiger partial charge in [-0.1, -0.05) is 29.8 Å². The lowest BCUT2D eigenvalue weighted by atomic mass is 10.1. The fourth-order valence-corrected chi connectivity index (χ4v) is 3.68. The van der Waals surface area contributed by atoms with Crippen molar-refractivity contribution in [1.29, 1.82) is 0 Å². The highest BCUT2D eigenvalue weighted by Crippen LogP contribution is 2.38. The Morgan fingerprint density at radius 3 is 2.70 bits per heavy atom. The molecule has 0 aromatic heterocycles. The van der Waals surface area contributed by atoms with Crippen LogP contribution in [0.5, 0.6) is 0 Å². The van der Waals surface area contributed by atoms with Gasteiger partial charge < -0.3 is 15.1 Å². The number of quaternary nitrogens is 1. The minimum atomic E-state index is 0.0126. The van der Waals surface area contributed by atoms with Crippen LogP contribution in [0.2, 0.25) is 0 Å². The lowest BCUT2D eigenvalue weighted by molar-refractivity contribution is -0.856. The molecule has 0 bridgehead atoms. The van der Waals surface area contributed by atoms with E-state index in [1.165, 1.54) is 10.5 Å². The molecule has 1 aromatic carbocycles. The van der Waals surface area contributed by atoms with Gasteiger partial charge in [-0.25, -0.2) is 0 Å². The summed E-state index contributed by atoms with van der Waals surface area (Å²) < 4.78 is 0. The molecule has 1 aromatic rings. The number of nitrogens with zero attached hydrogens (tertiary/aromatic N) is 1. The van der Waals surface area contributed by atoms with E-state index in [1.807, 2.05) is 11.8 Å². The molecular formula is C17H26N3O2S+. The highest BCUT2D eigenvalue weighted by atomic mass is 32.2. The molecule has 0 saturated carbocycles. The zero-order valence-electron chi connectivity index (χ0n) is 14.1. The van der Waals surface area contributed by atoms with Gasteiger partial charge in [0.25, 0.3) is 0 Å². The van der Waals surface area contributed by atoms with Crippen LogP contribution < -0.4 is 10.2 Å². The molecule has 1 saturated heterocycles. The standard InChI is InChI=1S/C17H25N3O2S/c1-13-4-6-14(7-5-13)17-20(16(22)12-23-17)10-8-15(21)18-9-11-19(2)3/h4-7,17H,8-12H2,1-3H3,(H,18,21)/p+1/t17-/m0/s1. The highest BCUT2D eigenvalue weighted by molar-refractivity contribution is 8.00. The Morgan fingerprint density at radius 2 is 2.04 bits per heavy atom. The number of amides is 2. The lowest BCUT2D eigenvalue weighted by Crippen LogP contribution is -3.06. The van der Waals surface area contributed by atoms with Gasteiger partial charge in [-0.3, -0.25) is 9.59 Å². The van der Waals surface area contributed by atoms with Crippen LogP contribution in [0.15, 0.2) is 24.3 Å². The molecule has 2 N–H and O–H groups in total. The number of likely N-dealkylation sites (N-methyl/N-ethyl adjacent to an activating group) is 1. The third-order valence-corrected chi connectivity index (χ3v) is 5.11. The Kier molecular flexibility index (Phi) is 6.47. The summed E-state index contributed by atoms with van der Waals surface area (Å²) in [5.74, 6) is 0.620. The first-order valence-electron chi connectivity index (χ1n) is 8.00. The number of hydrogen-bond donors (Lipinski definition) is 2. The maximum absolute atomic E-state index is 12.1. The van der Waals surface area contributed by atoms with E-state index in [-0.39, 0.29) is 17.2 Å². The SMILES string of the molecule is Cc1ccc([C@@H]2SCC(=O)N2CCC(=O)NCC[NH+](C)C)cc1. The molecule has 0 radical (unpaired) electrons. The summed E-state index contributed by atoms with van der Waals surface area (Å²) >= 11 is 1.63. The van der Waals surface area contributed by atoms with Crippen LogP contribution in [-0.2, 0) is 9.59 Å². The molecule has 23 heavy (non-hydrogen) atoms. The highest BCUT2D eigenvalue weighted by Gasteiger charge is 2.32. The van der Waals surface area contributed by atoms with Crippen molar-refractivity contribution in [2.24, 2.45) is 0 Å². The first-order valence-corrected chi connectivity index (χ1v) is 9.05. The first-order chi connectivity index (χ1) is 11.0. The third-order valence-electron chi connectivity index (χ3n) is 3.86. The summed E-state index contributed by atoms with van der Waals surface area (Å²) in [4.78, 5) is 27.1. The minimum absolute atomic E-state index is 0.0126. The van der Waals surface area contributed by atoms with Gasteiger partial charge in [-0.15, -0.1) is 11.8 Å². The monoisotopic (exact) mass is 336 g/mol. The number of aryl methyl sites for hydroxylation is 1. The van der Waals surface area contributed by atoms with Crippen molar-refractivity contribution in [3.8, 4) is 0 Å². The summed E-state index contributed by atoms with van der Waals surface area (Å²) in [6, 6.07) is 8.26. The smallest absolute Gasteiger partial charge is 0.233 e. The molecule has 6 heteroatoms. The van der Waals surface area contributed by atoms with Crippen LogP contribution >= 0.6 is 11.8 Å². The van der Waals surface area contributed by atoms with Gasteiger partial charge in [-0.05, 0) is 12.5 Å². The maximum atomic E-state index is 12.1. The predicted molar refractivity (Wildman–Crippen MR) is 93.4 cm³/mol. The molecule has 1 fully saturated rings. The van der Waals surface area contributed by atoms with E-state index in [9.17, 15) is 9.59 Å². The molecular weight excluding hydrogens is 310 g/mol. The molecule has 5 nitrogen and oxygen atoms in total. The molecule has 1 heterocycles. The van der Waals surface area contributed by atoms with Gasteiger partial charge >= 0.3 is 0 Å². The van der Waals surface area contributed by atoms with Crippen LogP contribution in [0.1, 0.15) is 22.9 Å². The zero-order valence-corrected chi connectivity index (χ0v) is 14.9. The van der Waals surface area contributed by atoms with E-state index < -0.39 is 0 Å². The van der Waals surface area contributed by atoms with E-state index in [2.05, 4.69) is 43.7 Å². The normalized spacial score (nSPS) is 17.8. The molecule has 126 valence electrons. The molecule has 0 spiro atoms. The van der Waals surface area contributed by atoms with E-state index >= 15 is 0 Å². The van der Waals surface area contributed by atoms with Crippen molar-refractivity contribution >= 4 is 23.6 Å². The molecule has 2 rings (SSSR count). The average molecular weight is 336 g/mol. The van der Waals surface area contributed by atoms with Crippen molar-refractivity contribution in [3.05, 3.63) is 35.4 Å². The summed E-state index contributed by atoms with van der Waals surface area (Å²) in [6.45, 7) is 4.10. The number of hydrogen-bond acceptors (Lipinski definition) is 3. The number of nitrogens with one attached hydrogen (secondary N) is 2. The minimum Gasteiger partial charge on any atom is -0.350 e. The molecule has 1 atom stereocenters. The fourth-order valence-electron chi connectivity index (χ4n) is 2.47. The van der Waals surface area contributed by atoms with Crippen molar-refractivity contribution in [2.45, 2.75) is 18.7 Å². The summed E-state index contributed by atoms with van der Waals surface area (Å²) in [7, 11) is 4.11. The lowest BCUT2D eigenvalue weighted by Gasteiger charge is -2.24. The summed E-state index contributed by atoms with van der Waals surface area (Å²) in [5.41, 5.74) is 2.33. The third kappa shape index (κ3) is 5.25. The van der Waals surface area contributed by atoms with Crippen molar-refractivity contribution in [3.63, 3.8) is 0 Å². The zero-order chi connectivity index (χ0) is 16.8. The van der Waals surface area contributed by atoms with Crippen molar-refractivity contribution < 1.29 is 14.5 Å². The van der Waals surface area contributed by atoms with Gasteiger partial charge in [0.05, 0.1) is 32.9 Å². The Morgan fingerprint density at radius 1 is 1.35 bits per heavy atom. The second-order valence-corrected chi connectivity index (χ2v) is 7.29. The number of thioether (sulfide) groups is 1. The first kappa shape index (κ1) is 17.8. The van der Waals surface area contributed by atoms with Crippen LogP contribution in [0.3, 0.4) is 0 Å². The van der Waals surface area contributed by atoms with Crippen LogP contribution in [0, 0.1) is 6.92 Å². The molecule has 2 amide bonds. The van der Waals surface area contributed by atoms with E-state index in [1.54, 1.807) is 11.8 Å². The number of carbonyl (C=O) groups excluding carboxylic acids is 2. The van der Waals surface area contributed by atoms with Crippen molar-refractivity contribution in [2.75, 3.05) is 39.5 Å². The van der Waals surface area contributed by atoms with Gasteiger partial charge in [-0.2, -0.15) is 0 Å². The van der Waals surface area contributed by atoms with Gasteiger partial charge in [0.2, 0.25) is 11.8 Å². The summed E-state index contributed by atoms with van der Waals surface area (Å²) in [5, 5.41) is 2.94. The topological polar surface area (TPSA) is 53.9 Å². The number of rotatable bonds is 7. The molecule has 1 aliphatic heterocycles. The van der Waals surface area contributed by atoms with Crippen molar-refractivity contribution in [1.82, 2.24) is 10.2 Å². The molecule has 0 unspecified atom stereocenters. The van der Waals surface area contributed by atoms with Gasteiger partial charge in [0.15, 0.2) is 0 Å². The number of carbonyl (C=O) groups is 2. The van der Waals surface area contributed by atoms with Gasteiger partial charge in [0.1, 0.15) is 5.37 Å². The summed E-state index contributed by atoms with van der Waals surface area (Å²) in [6.07, 6.45) is 0.359. The average Bonchev–Trinajstić information content (AvgIpc) is 2.86. The van der Waals surface area contributed by atoms with E-state index in [4.69, 9.17) is 0 Å². The fraction of sp³-hybridized carbons (Fsp3) is 0.529. The second kappa shape index (κ2) is 8.36. The largest absolute Gasteiger partial charge is 0.350 e. The van der Waals surface area contributed by atoms with Crippen LogP contribution in [0.25, 0.3) is 0 Å². The van der Waals surface area contributed by atoms with E-state index in [0.29, 0.717) is 25.3 Å². The van der Waals surface area contributed by atoms with E-state index in [0.717, 1.165) is 12.1 Å². The van der Waals surface area contributed by atoms with Crippen LogP contribution in [0.4, 0.5) is 0 Å². The predicted octanol–water partition coefficient (Wildman–Crippen LogP) is 0.220. The molecule has 1 aliphatic rings.